The van der Waals surface area contributed by atoms with E-state index in [2.05, 4.69) is 0 Å². The first-order chi connectivity index (χ1) is 8.95. The van der Waals surface area contributed by atoms with Crippen LogP contribution in [-0.2, 0) is 10.0 Å². The molecule has 0 aliphatic heterocycles. The summed E-state index contributed by atoms with van der Waals surface area (Å²) in [6.45, 7) is 3.83. The minimum atomic E-state index is -3.49. The van der Waals surface area contributed by atoms with Gasteiger partial charge in [0.2, 0.25) is 10.0 Å². The average Bonchev–Trinajstić information content (AvgIpc) is 2.24. The van der Waals surface area contributed by atoms with E-state index in [-0.39, 0.29) is 19.2 Å². The lowest BCUT2D eigenvalue weighted by molar-refractivity contribution is 0.178. The second-order valence-electron chi connectivity index (χ2n) is 5.25. The maximum atomic E-state index is 12.7. The van der Waals surface area contributed by atoms with Gasteiger partial charge in [-0.1, -0.05) is 12.5 Å². The maximum Gasteiger partial charge on any atom is 0.243 e. The van der Waals surface area contributed by atoms with Gasteiger partial charge in [-0.15, -0.1) is 0 Å². The molecule has 1 N–H and O–H groups in total. The Bertz CT molecular complexity index is 530. The third-order valence-corrected chi connectivity index (χ3v) is 5.53. The fourth-order valence-electron chi connectivity index (χ4n) is 2.49. The summed E-state index contributed by atoms with van der Waals surface area (Å²) < 4.78 is 26.8. The van der Waals surface area contributed by atoms with Crippen molar-refractivity contribution in [1.82, 2.24) is 4.31 Å². The van der Waals surface area contributed by atoms with E-state index in [0.717, 1.165) is 30.4 Å². The normalized spacial score (nSPS) is 16.6. The van der Waals surface area contributed by atoms with Crippen molar-refractivity contribution in [3.63, 3.8) is 0 Å². The van der Waals surface area contributed by atoms with Crippen LogP contribution in [0, 0.1) is 13.8 Å². The van der Waals surface area contributed by atoms with E-state index < -0.39 is 10.0 Å². The summed E-state index contributed by atoms with van der Waals surface area (Å²) in [7, 11) is -3.49. The molecule has 0 unspecified atom stereocenters. The number of benzene rings is 1. The molecule has 0 bridgehead atoms. The van der Waals surface area contributed by atoms with E-state index >= 15 is 0 Å². The van der Waals surface area contributed by atoms with Crippen LogP contribution in [0.15, 0.2) is 23.1 Å². The topological polar surface area (TPSA) is 57.6 Å². The molecule has 0 heterocycles. The summed E-state index contributed by atoms with van der Waals surface area (Å²) in [6.07, 6.45) is 2.85. The molecule has 5 heteroatoms. The lowest BCUT2D eigenvalue weighted by atomic mass is 9.93. The van der Waals surface area contributed by atoms with E-state index in [1.807, 2.05) is 19.9 Å². The van der Waals surface area contributed by atoms with Crippen LogP contribution in [-0.4, -0.2) is 37.0 Å². The molecule has 0 saturated heterocycles. The van der Waals surface area contributed by atoms with Crippen LogP contribution in [0.2, 0.25) is 0 Å². The van der Waals surface area contributed by atoms with Gasteiger partial charge in [-0.05, 0) is 49.9 Å². The van der Waals surface area contributed by atoms with Crippen molar-refractivity contribution in [2.24, 2.45) is 0 Å². The predicted molar refractivity (Wildman–Crippen MR) is 74.5 cm³/mol. The van der Waals surface area contributed by atoms with Gasteiger partial charge in [-0.3, -0.25) is 0 Å². The van der Waals surface area contributed by atoms with Gasteiger partial charge < -0.3 is 5.11 Å². The smallest absolute Gasteiger partial charge is 0.243 e. The van der Waals surface area contributed by atoms with Gasteiger partial charge in [0.1, 0.15) is 0 Å². The number of aliphatic hydroxyl groups excluding tert-OH is 1. The Hall–Kier alpha value is -0.910. The fraction of sp³-hybridized carbons (Fsp3) is 0.571. The lowest BCUT2D eigenvalue weighted by Gasteiger charge is -2.36. The monoisotopic (exact) mass is 283 g/mol. The van der Waals surface area contributed by atoms with E-state index in [9.17, 15) is 8.42 Å². The fourth-order valence-corrected chi connectivity index (χ4v) is 4.36. The first-order valence-corrected chi connectivity index (χ1v) is 8.10. The third-order valence-electron chi connectivity index (χ3n) is 3.60. The van der Waals surface area contributed by atoms with E-state index in [1.54, 1.807) is 12.1 Å². The van der Waals surface area contributed by atoms with Gasteiger partial charge in [0.25, 0.3) is 0 Å². The molecule has 0 spiro atoms. The van der Waals surface area contributed by atoms with Gasteiger partial charge in [0.15, 0.2) is 0 Å². The minimum Gasteiger partial charge on any atom is -0.395 e. The number of hydrogen-bond donors (Lipinski definition) is 1. The van der Waals surface area contributed by atoms with E-state index in [0.29, 0.717) is 4.90 Å². The molecule has 1 aromatic carbocycles. The van der Waals surface area contributed by atoms with E-state index in [1.165, 1.54) is 4.31 Å². The maximum absolute atomic E-state index is 12.7. The van der Waals surface area contributed by atoms with Crippen LogP contribution >= 0.6 is 0 Å². The van der Waals surface area contributed by atoms with Gasteiger partial charge in [-0.25, -0.2) is 8.42 Å². The summed E-state index contributed by atoms with van der Waals surface area (Å²) in [4.78, 5) is 0.338. The summed E-state index contributed by atoms with van der Waals surface area (Å²) in [5.74, 6) is 0. The summed E-state index contributed by atoms with van der Waals surface area (Å²) >= 11 is 0. The van der Waals surface area contributed by atoms with Crippen LogP contribution in [0.1, 0.15) is 30.4 Å². The Morgan fingerprint density at radius 3 is 2.21 bits per heavy atom. The minimum absolute atomic E-state index is 0.0537. The van der Waals surface area contributed by atoms with Crippen molar-refractivity contribution in [2.75, 3.05) is 13.2 Å². The summed E-state index contributed by atoms with van der Waals surface area (Å²) in [6, 6.07) is 5.41. The molecule has 1 aromatic rings. The number of nitrogens with zero attached hydrogens (tertiary/aromatic N) is 1. The number of aryl methyl sites for hydroxylation is 2. The highest BCUT2D eigenvalue weighted by molar-refractivity contribution is 7.89. The molecular formula is C14H21NO3S. The molecule has 0 amide bonds. The van der Waals surface area contributed by atoms with Crippen molar-refractivity contribution < 1.29 is 13.5 Å². The van der Waals surface area contributed by atoms with Crippen molar-refractivity contribution in [1.29, 1.82) is 0 Å². The Morgan fingerprint density at radius 1 is 1.21 bits per heavy atom. The molecule has 1 aliphatic rings. The highest BCUT2D eigenvalue weighted by Gasteiger charge is 2.34. The van der Waals surface area contributed by atoms with Crippen LogP contribution in [0.25, 0.3) is 0 Å². The predicted octanol–water partition coefficient (Wildman–Crippen LogP) is 1.84. The number of rotatable bonds is 5. The van der Waals surface area contributed by atoms with Gasteiger partial charge in [-0.2, -0.15) is 4.31 Å². The standard InChI is InChI=1S/C14H21NO3S/c1-11-8-12(2)10-14(9-11)19(17,18)15(6-7-16)13-4-3-5-13/h8-10,13,16H,3-7H2,1-2H3. The second-order valence-corrected chi connectivity index (χ2v) is 7.14. The Labute approximate surface area is 115 Å². The number of hydrogen-bond acceptors (Lipinski definition) is 3. The Kier molecular flexibility index (Phi) is 4.28. The molecule has 1 saturated carbocycles. The van der Waals surface area contributed by atoms with Crippen LogP contribution in [0.5, 0.6) is 0 Å². The molecular weight excluding hydrogens is 262 g/mol. The first-order valence-electron chi connectivity index (χ1n) is 6.66. The second kappa shape index (κ2) is 5.61. The molecule has 1 aliphatic carbocycles. The first kappa shape index (κ1) is 14.5. The molecule has 106 valence electrons. The van der Waals surface area contributed by atoms with Crippen molar-refractivity contribution >= 4 is 10.0 Å². The summed E-state index contributed by atoms with van der Waals surface area (Å²) in [5, 5.41) is 9.12. The lowest BCUT2D eigenvalue weighted by Crippen LogP contribution is -2.45. The van der Waals surface area contributed by atoms with Gasteiger partial charge >= 0.3 is 0 Å². The Balaban J connectivity index is 2.37. The molecule has 0 atom stereocenters. The van der Waals surface area contributed by atoms with Crippen LogP contribution < -0.4 is 0 Å². The zero-order valence-electron chi connectivity index (χ0n) is 11.5. The molecule has 0 aromatic heterocycles. The molecule has 1 fully saturated rings. The van der Waals surface area contributed by atoms with Crippen LogP contribution in [0.4, 0.5) is 0 Å². The molecule has 2 rings (SSSR count). The SMILES string of the molecule is Cc1cc(C)cc(S(=O)(=O)N(CCO)C2CCC2)c1. The average molecular weight is 283 g/mol. The Morgan fingerprint density at radius 2 is 1.79 bits per heavy atom. The van der Waals surface area contributed by atoms with Crippen molar-refractivity contribution in [3.05, 3.63) is 29.3 Å². The summed E-state index contributed by atoms with van der Waals surface area (Å²) in [5.41, 5.74) is 1.88. The van der Waals surface area contributed by atoms with Gasteiger partial charge in [0, 0.05) is 12.6 Å². The molecule has 4 nitrogen and oxygen atoms in total. The zero-order chi connectivity index (χ0) is 14.0. The van der Waals surface area contributed by atoms with Gasteiger partial charge in [0.05, 0.1) is 11.5 Å². The zero-order valence-corrected chi connectivity index (χ0v) is 12.3. The molecule has 0 radical (unpaired) electrons. The van der Waals surface area contributed by atoms with Crippen molar-refractivity contribution in [2.45, 2.75) is 44.0 Å². The van der Waals surface area contributed by atoms with Crippen molar-refractivity contribution in [3.8, 4) is 0 Å². The quantitative estimate of drug-likeness (QED) is 0.897. The largest absolute Gasteiger partial charge is 0.395 e. The highest BCUT2D eigenvalue weighted by atomic mass is 32.2. The third kappa shape index (κ3) is 2.99. The van der Waals surface area contributed by atoms with Crippen LogP contribution in [0.3, 0.4) is 0 Å². The molecule has 19 heavy (non-hydrogen) atoms. The highest BCUT2D eigenvalue weighted by Crippen LogP contribution is 2.30. The number of sulfonamides is 1. The number of aliphatic hydroxyl groups is 1. The van der Waals surface area contributed by atoms with E-state index in [4.69, 9.17) is 5.11 Å².